The lowest BCUT2D eigenvalue weighted by Gasteiger charge is -2.11. The van der Waals surface area contributed by atoms with Gasteiger partial charge < -0.3 is 5.32 Å². The number of carbonyl (C=O) groups excluding carboxylic acids is 1. The second kappa shape index (κ2) is 8.79. The molecule has 0 spiro atoms. The van der Waals surface area contributed by atoms with Crippen molar-refractivity contribution < 1.29 is 4.79 Å². The predicted octanol–water partition coefficient (Wildman–Crippen LogP) is 3.75. The molecule has 6 nitrogen and oxygen atoms in total. The van der Waals surface area contributed by atoms with Crippen molar-refractivity contribution in [3.8, 4) is 11.4 Å². The molecule has 0 aliphatic rings. The molecule has 0 aliphatic heterocycles. The zero-order chi connectivity index (χ0) is 20.1. The normalized spacial score (nSPS) is 10.8. The van der Waals surface area contributed by atoms with Gasteiger partial charge in [0.25, 0.3) is 5.91 Å². The summed E-state index contributed by atoms with van der Waals surface area (Å²) in [6, 6.07) is 19.9. The van der Waals surface area contributed by atoms with Crippen LogP contribution in [0.3, 0.4) is 0 Å². The van der Waals surface area contributed by atoms with Crippen molar-refractivity contribution in [1.82, 2.24) is 24.6 Å². The number of hydrogen-bond donors (Lipinski definition) is 1. The topological polar surface area (TPSA) is 64.7 Å². The number of carbonyl (C=O) groups is 1. The van der Waals surface area contributed by atoms with Gasteiger partial charge in [0.1, 0.15) is 5.69 Å². The summed E-state index contributed by atoms with van der Waals surface area (Å²) in [7, 11) is 0. The molecule has 146 valence electrons. The van der Waals surface area contributed by atoms with Crippen LogP contribution in [-0.4, -0.2) is 38.0 Å². The van der Waals surface area contributed by atoms with E-state index in [2.05, 4.69) is 27.5 Å². The van der Waals surface area contributed by atoms with Crippen molar-refractivity contribution >= 4 is 17.7 Å². The molecule has 4 rings (SSSR count). The highest BCUT2D eigenvalue weighted by atomic mass is 32.2. The predicted molar refractivity (Wildman–Crippen MR) is 115 cm³/mol. The molecule has 0 aliphatic carbocycles. The Hall–Kier alpha value is -3.32. The van der Waals surface area contributed by atoms with Gasteiger partial charge in [0.05, 0.1) is 11.9 Å². The summed E-state index contributed by atoms with van der Waals surface area (Å²) in [5, 5.41) is 8.03. The Morgan fingerprint density at radius 3 is 2.52 bits per heavy atom. The fraction of sp³-hybridized carbons (Fsp3) is 0.136. The zero-order valence-corrected chi connectivity index (χ0v) is 16.8. The number of benzene rings is 2. The highest BCUT2D eigenvalue weighted by Crippen LogP contribution is 2.21. The highest BCUT2D eigenvalue weighted by Gasteiger charge is 2.17. The van der Waals surface area contributed by atoms with E-state index in [1.807, 2.05) is 70.2 Å². The van der Waals surface area contributed by atoms with E-state index >= 15 is 0 Å². The van der Waals surface area contributed by atoms with Crippen LogP contribution in [0.15, 0.2) is 84.4 Å². The monoisotopic (exact) mass is 403 g/mol. The fourth-order valence-corrected chi connectivity index (χ4v) is 3.66. The minimum absolute atomic E-state index is 0.130. The van der Waals surface area contributed by atoms with E-state index in [0.29, 0.717) is 12.2 Å². The molecule has 0 saturated carbocycles. The van der Waals surface area contributed by atoms with Gasteiger partial charge in [-0.25, -0.2) is 9.67 Å². The second-order valence-electron chi connectivity index (χ2n) is 6.42. The number of amides is 1. The Balaban J connectivity index is 1.41. The Morgan fingerprint density at radius 1 is 1.03 bits per heavy atom. The van der Waals surface area contributed by atoms with E-state index in [-0.39, 0.29) is 5.91 Å². The molecule has 2 aromatic heterocycles. The van der Waals surface area contributed by atoms with Crippen molar-refractivity contribution in [2.24, 2.45) is 0 Å². The van der Waals surface area contributed by atoms with Crippen LogP contribution in [0.25, 0.3) is 11.4 Å². The van der Waals surface area contributed by atoms with Gasteiger partial charge in [-0.2, -0.15) is 5.10 Å². The number of hydrogen-bond acceptors (Lipinski definition) is 4. The number of para-hydroxylation sites is 1. The Labute approximate surface area is 173 Å². The van der Waals surface area contributed by atoms with Crippen molar-refractivity contribution in [1.29, 1.82) is 0 Å². The largest absolute Gasteiger partial charge is 0.350 e. The van der Waals surface area contributed by atoms with Gasteiger partial charge in [-0.1, -0.05) is 42.1 Å². The van der Waals surface area contributed by atoms with Gasteiger partial charge in [-0.15, -0.1) is 0 Å². The van der Waals surface area contributed by atoms with Crippen molar-refractivity contribution in [3.05, 3.63) is 90.5 Å². The molecular weight excluding hydrogens is 382 g/mol. The summed E-state index contributed by atoms with van der Waals surface area (Å²) >= 11 is 1.51. The molecule has 29 heavy (non-hydrogen) atoms. The fourth-order valence-electron chi connectivity index (χ4n) is 3.11. The Morgan fingerprint density at radius 2 is 1.83 bits per heavy atom. The average Bonchev–Trinajstić information content (AvgIpc) is 3.45. The van der Waals surface area contributed by atoms with E-state index in [9.17, 15) is 4.79 Å². The van der Waals surface area contributed by atoms with Gasteiger partial charge >= 0.3 is 0 Å². The lowest BCUT2D eigenvalue weighted by atomic mass is 10.1. The maximum absolute atomic E-state index is 12.8. The van der Waals surface area contributed by atoms with E-state index < -0.39 is 0 Å². The third-order valence-corrected chi connectivity index (χ3v) is 5.22. The first kappa shape index (κ1) is 19.0. The van der Waals surface area contributed by atoms with Crippen molar-refractivity contribution in [2.45, 2.75) is 11.6 Å². The summed E-state index contributed by atoms with van der Waals surface area (Å²) in [6.07, 6.45) is 8.00. The third kappa shape index (κ3) is 4.25. The Kier molecular flexibility index (Phi) is 5.76. The number of aromatic nitrogens is 4. The molecule has 0 atom stereocenters. The molecule has 0 fully saturated rings. The van der Waals surface area contributed by atoms with Gasteiger partial charge in [0, 0.05) is 24.6 Å². The molecule has 2 aromatic carbocycles. The van der Waals surface area contributed by atoms with Crippen LogP contribution in [0.4, 0.5) is 0 Å². The number of imidazole rings is 1. The molecule has 0 radical (unpaired) electrons. The summed E-state index contributed by atoms with van der Waals surface area (Å²) < 4.78 is 3.71. The standard InChI is InChI=1S/C22H21N5OS/c1-29-22-24-16-20(27(22)19-6-3-2-4-7-19)21(28)23-14-12-17-8-10-18(11-9-17)26-15-5-13-25-26/h2-11,13,15-16H,12,14H2,1H3,(H,23,28). The summed E-state index contributed by atoms with van der Waals surface area (Å²) in [5.41, 5.74) is 3.63. The van der Waals surface area contributed by atoms with Crippen LogP contribution in [0, 0.1) is 0 Å². The summed E-state index contributed by atoms with van der Waals surface area (Å²) in [5.74, 6) is -0.130. The maximum atomic E-state index is 12.8. The first-order chi connectivity index (χ1) is 14.3. The summed E-state index contributed by atoms with van der Waals surface area (Å²) in [4.78, 5) is 17.2. The lowest BCUT2D eigenvalue weighted by Crippen LogP contribution is -2.27. The molecule has 4 aromatic rings. The SMILES string of the molecule is CSc1ncc(C(=O)NCCc2ccc(-n3cccn3)cc2)n1-c1ccccc1. The van der Waals surface area contributed by atoms with E-state index in [0.717, 1.165) is 28.5 Å². The second-order valence-corrected chi connectivity index (χ2v) is 7.20. The number of nitrogens with one attached hydrogen (secondary N) is 1. The first-order valence-electron chi connectivity index (χ1n) is 9.30. The minimum Gasteiger partial charge on any atom is -0.350 e. The van der Waals surface area contributed by atoms with Gasteiger partial charge in [0.2, 0.25) is 0 Å². The highest BCUT2D eigenvalue weighted by molar-refractivity contribution is 7.98. The van der Waals surface area contributed by atoms with E-state index in [1.54, 1.807) is 12.4 Å². The van der Waals surface area contributed by atoms with Crippen LogP contribution in [-0.2, 0) is 6.42 Å². The summed E-state index contributed by atoms with van der Waals surface area (Å²) in [6.45, 7) is 0.550. The van der Waals surface area contributed by atoms with Gasteiger partial charge in [-0.3, -0.25) is 9.36 Å². The molecule has 0 bridgehead atoms. The number of nitrogens with zero attached hydrogens (tertiary/aromatic N) is 4. The molecule has 2 heterocycles. The molecule has 1 N–H and O–H groups in total. The first-order valence-corrected chi connectivity index (χ1v) is 10.5. The molecule has 7 heteroatoms. The van der Waals surface area contributed by atoms with Crippen LogP contribution >= 0.6 is 11.8 Å². The van der Waals surface area contributed by atoms with Crippen LogP contribution in [0.1, 0.15) is 16.1 Å². The molecule has 0 unspecified atom stereocenters. The molecule has 0 saturated heterocycles. The van der Waals surface area contributed by atoms with Crippen LogP contribution < -0.4 is 5.32 Å². The quantitative estimate of drug-likeness (QED) is 0.477. The van der Waals surface area contributed by atoms with E-state index in [4.69, 9.17) is 0 Å². The zero-order valence-electron chi connectivity index (χ0n) is 16.0. The average molecular weight is 404 g/mol. The van der Waals surface area contributed by atoms with Crippen molar-refractivity contribution in [2.75, 3.05) is 12.8 Å². The smallest absolute Gasteiger partial charge is 0.269 e. The third-order valence-electron chi connectivity index (χ3n) is 4.56. The van der Waals surface area contributed by atoms with Gasteiger partial charge in [-0.05, 0) is 48.6 Å². The van der Waals surface area contributed by atoms with E-state index in [1.165, 1.54) is 11.8 Å². The van der Waals surface area contributed by atoms with Crippen molar-refractivity contribution in [3.63, 3.8) is 0 Å². The maximum Gasteiger partial charge on any atom is 0.269 e. The minimum atomic E-state index is -0.130. The van der Waals surface area contributed by atoms with Crippen LogP contribution in [0.5, 0.6) is 0 Å². The van der Waals surface area contributed by atoms with Gasteiger partial charge in [0.15, 0.2) is 5.16 Å². The molecular formula is C22H21N5OS. The molecule has 1 amide bonds. The number of rotatable bonds is 7. The number of thioether (sulfide) groups is 1. The lowest BCUT2D eigenvalue weighted by molar-refractivity contribution is 0.0946. The Bertz CT molecular complexity index is 1070. The van der Waals surface area contributed by atoms with Crippen LogP contribution in [0.2, 0.25) is 0 Å².